The van der Waals surface area contributed by atoms with Crippen LogP contribution in [0.4, 0.5) is 32.0 Å². The molecule has 9 nitrogen and oxygen atoms in total. The molecular weight excluding hydrogens is 676 g/mol. The van der Waals surface area contributed by atoms with Crippen LogP contribution in [0.2, 0.25) is 0 Å². The topological polar surface area (TPSA) is 128 Å². The van der Waals surface area contributed by atoms with Crippen LogP contribution in [0.15, 0.2) is 54.7 Å². The molecule has 1 amide bonds. The monoisotopic (exact) mass is 709 g/mol. The van der Waals surface area contributed by atoms with Gasteiger partial charge in [0.15, 0.2) is 9.84 Å². The van der Waals surface area contributed by atoms with Crippen molar-refractivity contribution in [3.8, 4) is 22.9 Å². The number of aliphatic hydroxyl groups is 1. The molecule has 2 saturated carbocycles. The van der Waals surface area contributed by atoms with E-state index < -0.39 is 50.7 Å². The molecule has 2 aromatic carbocycles. The second-order valence-electron chi connectivity index (χ2n) is 13.0. The Morgan fingerprint density at radius 2 is 1.49 bits per heavy atom. The van der Waals surface area contributed by atoms with Crippen molar-refractivity contribution in [3.63, 3.8) is 0 Å². The first-order chi connectivity index (χ1) is 23.0. The van der Waals surface area contributed by atoms with E-state index in [1.165, 1.54) is 4.68 Å². The Hall–Kier alpha value is -4.10. The molecule has 2 aliphatic carbocycles. The number of aromatic nitrogens is 2. The number of rotatable bonds is 7. The fraction of sp³-hybridized carbons (Fsp3) is 0.485. The lowest BCUT2D eigenvalue weighted by atomic mass is 9.75. The van der Waals surface area contributed by atoms with E-state index in [4.69, 9.17) is 5.10 Å². The Bertz CT molecular complexity index is 1830. The number of sulfone groups is 1. The third kappa shape index (κ3) is 6.62. The molecule has 0 radical (unpaired) electrons. The van der Waals surface area contributed by atoms with Crippen LogP contribution in [0.3, 0.4) is 0 Å². The highest BCUT2D eigenvalue weighted by atomic mass is 32.2. The molecule has 2 atom stereocenters. The number of hydrogen-bond acceptors (Lipinski definition) is 7. The molecule has 1 saturated heterocycles. The van der Waals surface area contributed by atoms with Crippen LogP contribution in [-0.2, 0) is 20.2 Å². The van der Waals surface area contributed by atoms with Crippen molar-refractivity contribution < 1.29 is 44.7 Å². The molecule has 6 rings (SSSR count). The van der Waals surface area contributed by atoms with Crippen molar-refractivity contribution in [2.24, 2.45) is 5.92 Å². The lowest BCUT2D eigenvalue weighted by molar-refractivity contribution is -0.376. The number of nitrogens with zero attached hydrogens (tertiary/aromatic N) is 4. The van der Waals surface area contributed by atoms with Crippen LogP contribution >= 0.6 is 0 Å². The molecule has 2 heterocycles. The zero-order chi connectivity index (χ0) is 35.4. The highest BCUT2D eigenvalue weighted by Crippen LogP contribution is 2.50. The third-order valence-corrected chi connectivity index (χ3v) is 11.4. The van der Waals surface area contributed by atoms with E-state index in [1.54, 1.807) is 6.20 Å². The van der Waals surface area contributed by atoms with E-state index in [-0.39, 0.29) is 23.1 Å². The Balaban J connectivity index is 1.38. The van der Waals surface area contributed by atoms with E-state index in [2.05, 4.69) is 11.4 Å². The van der Waals surface area contributed by atoms with Crippen molar-refractivity contribution in [2.75, 3.05) is 29.5 Å². The van der Waals surface area contributed by atoms with Gasteiger partial charge in [-0.1, -0.05) is 37.1 Å². The van der Waals surface area contributed by atoms with Gasteiger partial charge in [0.25, 0.3) is 5.60 Å². The number of nitriles is 1. The van der Waals surface area contributed by atoms with Gasteiger partial charge in [-0.15, -0.1) is 0 Å². The van der Waals surface area contributed by atoms with Crippen molar-refractivity contribution in [1.82, 2.24) is 15.1 Å². The smallest absolute Gasteiger partial charge is 0.369 e. The SMILES string of the molecule is N#CC1(NC(=O)[C@@H]2CCCC[C@H]2c2nn(-c3ccc(C(O)(C(F)(F)F)C(F)(F)F)cc3)cc2-c2ccc(N3CCS(=O)(=O)CC3)cc2)CC1. The van der Waals surface area contributed by atoms with E-state index in [9.17, 15) is 49.9 Å². The second kappa shape index (κ2) is 12.3. The predicted octanol–water partition coefficient (Wildman–Crippen LogP) is 5.53. The molecule has 262 valence electrons. The highest BCUT2D eigenvalue weighted by Gasteiger charge is 2.71. The minimum absolute atomic E-state index is 0.0338. The Morgan fingerprint density at radius 3 is 2.04 bits per heavy atom. The van der Waals surface area contributed by atoms with Crippen LogP contribution < -0.4 is 10.2 Å². The van der Waals surface area contributed by atoms with E-state index >= 15 is 0 Å². The van der Waals surface area contributed by atoms with Gasteiger partial charge in [0.1, 0.15) is 5.54 Å². The molecular formula is C33H33F6N5O4S. The molecule has 3 aromatic rings. The molecule has 0 spiro atoms. The molecule has 1 aliphatic heterocycles. The number of alkyl halides is 6. The fourth-order valence-electron chi connectivity index (χ4n) is 6.67. The zero-order valence-electron chi connectivity index (χ0n) is 26.1. The summed E-state index contributed by atoms with van der Waals surface area (Å²) in [6, 6.07) is 12.5. The number of anilines is 1. The van der Waals surface area contributed by atoms with Gasteiger partial charge in [0, 0.05) is 47.9 Å². The summed E-state index contributed by atoms with van der Waals surface area (Å²) in [6.07, 6.45) is -6.72. The first-order valence-corrected chi connectivity index (χ1v) is 17.6. The Kier molecular flexibility index (Phi) is 8.76. The van der Waals surface area contributed by atoms with Crippen molar-refractivity contribution in [3.05, 3.63) is 66.0 Å². The first-order valence-electron chi connectivity index (χ1n) is 15.8. The van der Waals surface area contributed by atoms with E-state index in [0.29, 0.717) is 67.7 Å². The lowest BCUT2D eigenvalue weighted by Gasteiger charge is -2.32. The largest absolute Gasteiger partial charge is 0.430 e. The molecule has 3 fully saturated rings. The van der Waals surface area contributed by atoms with Crippen molar-refractivity contribution in [1.29, 1.82) is 5.26 Å². The standard InChI is InChI=1S/C33H33F6N5O4S/c34-32(35,36)31(46,33(37,38)39)22-7-11-24(12-8-22)44-19-27(21-5-9-23(10-6-21)43-15-17-49(47,48)18-16-43)28(42-44)25-3-1-2-4-26(25)29(45)41-30(20-40)13-14-30/h5-12,19,25-26,46H,1-4,13-18H2,(H,41,45)/t25-,26-/m1/s1. The Labute approximate surface area is 278 Å². The minimum atomic E-state index is -6.03. The minimum Gasteiger partial charge on any atom is -0.369 e. The average Bonchev–Trinajstić information content (AvgIpc) is 3.69. The normalized spacial score (nSPS) is 22.3. The van der Waals surface area contributed by atoms with Gasteiger partial charge >= 0.3 is 12.4 Å². The molecule has 16 heteroatoms. The summed E-state index contributed by atoms with van der Waals surface area (Å²) in [4.78, 5) is 15.5. The van der Waals surface area contributed by atoms with Crippen molar-refractivity contribution in [2.45, 2.75) is 67.9 Å². The number of nitrogens with one attached hydrogen (secondary N) is 1. The maximum atomic E-state index is 13.5. The van der Waals surface area contributed by atoms with Crippen molar-refractivity contribution >= 4 is 21.4 Å². The van der Waals surface area contributed by atoms with E-state index in [0.717, 1.165) is 30.7 Å². The molecule has 0 unspecified atom stereocenters. The summed E-state index contributed by atoms with van der Waals surface area (Å²) in [5.74, 6) is -1.15. The summed E-state index contributed by atoms with van der Waals surface area (Å²) < 4.78 is 106. The number of carbonyl (C=O) groups excluding carboxylic acids is 1. The zero-order valence-corrected chi connectivity index (χ0v) is 26.9. The third-order valence-electron chi connectivity index (χ3n) is 9.78. The van der Waals surface area contributed by atoms with Gasteiger partial charge in [0.05, 0.1) is 29.0 Å². The highest BCUT2D eigenvalue weighted by molar-refractivity contribution is 7.91. The van der Waals surface area contributed by atoms with Crippen LogP contribution in [0, 0.1) is 17.2 Å². The van der Waals surface area contributed by atoms with Gasteiger partial charge in [0.2, 0.25) is 5.91 Å². The summed E-state index contributed by atoms with van der Waals surface area (Å²) in [5, 5.41) is 27.0. The predicted molar refractivity (Wildman–Crippen MR) is 166 cm³/mol. The maximum Gasteiger partial charge on any atom is 0.430 e. The number of benzene rings is 2. The van der Waals surface area contributed by atoms with Crippen LogP contribution in [-0.4, -0.2) is 71.7 Å². The lowest BCUT2D eigenvalue weighted by Crippen LogP contribution is -2.53. The van der Waals surface area contributed by atoms with Crippen LogP contribution in [0.25, 0.3) is 16.8 Å². The van der Waals surface area contributed by atoms with Gasteiger partial charge in [-0.05, 0) is 55.5 Å². The number of halogens is 6. The summed E-state index contributed by atoms with van der Waals surface area (Å²) in [5.41, 5.74) is -4.69. The van der Waals surface area contributed by atoms with E-state index in [1.807, 2.05) is 29.2 Å². The van der Waals surface area contributed by atoms with Crippen LogP contribution in [0.1, 0.15) is 55.7 Å². The van der Waals surface area contributed by atoms with Gasteiger partial charge in [-0.25, -0.2) is 13.1 Å². The molecule has 2 N–H and O–H groups in total. The number of amides is 1. The first kappa shape index (κ1) is 34.8. The molecule has 1 aromatic heterocycles. The average molecular weight is 710 g/mol. The van der Waals surface area contributed by atoms with Crippen LogP contribution in [0.5, 0.6) is 0 Å². The molecule has 49 heavy (non-hydrogen) atoms. The number of hydrogen-bond donors (Lipinski definition) is 2. The van der Waals surface area contributed by atoms with Gasteiger partial charge < -0.3 is 15.3 Å². The molecule has 3 aliphatic rings. The second-order valence-corrected chi connectivity index (χ2v) is 15.3. The molecule has 0 bridgehead atoms. The summed E-state index contributed by atoms with van der Waals surface area (Å²) in [7, 11) is -3.09. The quantitative estimate of drug-likeness (QED) is 0.309. The number of carbonyl (C=O) groups is 1. The van der Waals surface area contributed by atoms with Gasteiger partial charge in [-0.3, -0.25) is 4.79 Å². The Morgan fingerprint density at radius 1 is 0.918 bits per heavy atom. The fourth-order valence-corrected chi connectivity index (χ4v) is 7.87. The summed E-state index contributed by atoms with van der Waals surface area (Å²) >= 11 is 0. The maximum absolute atomic E-state index is 13.5. The van der Waals surface area contributed by atoms with Gasteiger partial charge in [-0.2, -0.15) is 36.7 Å². The summed E-state index contributed by atoms with van der Waals surface area (Å²) in [6.45, 7) is 0.670.